The molecule has 0 aliphatic carbocycles. The monoisotopic (exact) mass is 315 g/mol. The SMILES string of the molecule is CC(C)Cn1cnc(-c2ccc(SC(F)(F)F)cc2)c1N. The number of halogens is 3. The van der Waals surface area contributed by atoms with E-state index < -0.39 is 5.51 Å². The summed E-state index contributed by atoms with van der Waals surface area (Å²) in [5, 5.41) is 0. The average molecular weight is 315 g/mol. The molecule has 0 bridgehead atoms. The minimum atomic E-state index is -4.28. The zero-order valence-electron chi connectivity index (χ0n) is 11.7. The van der Waals surface area contributed by atoms with E-state index >= 15 is 0 Å². The van der Waals surface area contributed by atoms with E-state index in [4.69, 9.17) is 5.73 Å². The van der Waals surface area contributed by atoms with Crippen LogP contribution in [0.1, 0.15) is 13.8 Å². The maximum atomic E-state index is 12.3. The van der Waals surface area contributed by atoms with Crippen LogP contribution in [-0.2, 0) is 6.54 Å². The summed E-state index contributed by atoms with van der Waals surface area (Å²) in [7, 11) is 0. The summed E-state index contributed by atoms with van der Waals surface area (Å²) in [4.78, 5) is 4.40. The van der Waals surface area contributed by atoms with Crippen LogP contribution in [0, 0.1) is 5.92 Å². The Morgan fingerprint density at radius 2 is 1.86 bits per heavy atom. The number of rotatable bonds is 4. The first-order valence-electron chi connectivity index (χ1n) is 6.43. The predicted molar refractivity (Wildman–Crippen MR) is 78.8 cm³/mol. The topological polar surface area (TPSA) is 43.8 Å². The zero-order valence-corrected chi connectivity index (χ0v) is 12.5. The number of aromatic nitrogens is 2. The van der Waals surface area contributed by atoms with Crippen molar-refractivity contribution in [3.8, 4) is 11.3 Å². The second-order valence-corrected chi connectivity index (χ2v) is 6.24. The molecule has 0 amide bonds. The highest BCUT2D eigenvalue weighted by Gasteiger charge is 2.29. The highest BCUT2D eigenvalue weighted by Crippen LogP contribution is 2.37. The lowest BCUT2D eigenvalue weighted by Crippen LogP contribution is -2.06. The average Bonchev–Trinajstić information content (AvgIpc) is 2.70. The predicted octanol–water partition coefficient (Wildman–Crippen LogP) is 4.40. The van der Waals surface area contributed by atoms with Gasteiger partial charge in [-0.15, -0.1) is 0 Å². The molecule has 7 heteroatoms. The van der Waals surface area contributed by atoms with Gasteiger partial charge in [-0.1, -0.05) is 26.0 Å². The number of imidazole rings is 1. The van der Waals surface area contributed by atoms with Crippen LogP contribution in [0.2, 0.25) is 0 Å². The summed E-state index contributed by atoms with van der Waals surface area (Å²) in [5.74, 6) is 0.958. The van der Waals surface area contributed by atoms with Crippen LogP contribution in [0.25, 0.3) is 11.3 Å². The van der Waals surface area contributed by atoms with Crippen LogP contribution in [-0.4, -0.2) is 15.1 Å². The van der Waals surface area contributed by atoms with Gasteiger partial charge in [0, 0.05) is 17.0 Å². The molecule has 0 aliphatic rings. The van der Waals surface area contributed by atoms with Crippen LogP contribution < -0.4 is 5.73 Å². The quantitative estimate of drug-likeness (QED) is 0.850. The lowest BCUT2D eigenvalue weighted by atomic mass is 10.1. The number of nitrogens with zero attached hydrogens (tertiary/aromatic N) is 2. The largest absolute Gasteiger partial charge is 0.446 e. The first kappa shape index (κ1) is 15.8. The van der Waals surface area contributed by atoms with Crippen LogP contribution >= 0.6 is 11.8 Å². The third-order valence-corrected chi connectivity index (χ3v) is 3.54. The second-order valence-electron chi connectivity index (χ2n) is 5.10. The van der Waals surface area contributed by atoms with Gasteiger partial charge in [0.2, 0.25) is 0 Å². The number of benzene rings is 1. The Balaban J connectivity index is 2.21. The third kappa shape index (κ3) is 4.17. The van der Waals surface area contributed by atoms with Crippen molar-refractivity contribution in [3.63, 3.8) is 0 Å². The summed E-state index contributed by atoms with van der Waals surface area (Å²) in [6, 6.07) is 6.06. The number of hydrogen-bond acceptors (Lipinski definition) is 3. The van der Waals surface area contributed by atoms with Gasteiger partial charge in [-0.05, 0) is 29.8 Å². The van der Waals surface area contributed by atoms with Crippen LogP contribution in [0.15, 0.2) is 35.5 Å². The maximum Gasteiger partial charge on any atom is 0.446 e. The van der Waals surface area contributed by atoms with Crippen molar-refractivity contribution in [1.29, 1.82) is 0 Å². The number of alkyl halides is 3. The van der Waals surface area contributed by atoms with Crippen molar-refractivity contribution >= 4 is 17.6 Å². The molecule has 1 aromatic carbocycles. The molecule has 1 heterocycles. The molecule has 2 N–H and O–H groups in total. The van der Waals surface area contributed by atoms with E-state index in [1.807, 2.05) is 4.57 Å². The Bertz CT molecular complexity index is 603. The first-order chi connectivity index (χ1) is 9.76. The van der Waals surface area contributed by atoms with Gasteiger partial charge in [-0.2, -0.15) is 13.2 Å². The third-order valence-electron chi connectivity index (χ3n) is 2.80. The molecule has 0 atom stereocenters. The molecule has 0 radical (unpaired) electrons. The maximum absolute atomic E-state index is 12.3. The molecule has 114 valence electrons. The zero-order chi connectivity index (χ0) is 15.6. The van der Waals surface area contributed by atoms with Crippen molar-refractivity contribution in [1.82, 2.24) is 9.55 Å². The van der Waals surface area contributed by atoms with Crippen molar-refractivity contribution in [2.75, 3.05) is 5.73 Å². The van der Waals surface area contributed by atoms with E-state index in [-0.39, 0.29) is 16.7 Å². The lowest BCUT2D eigenvalue weighted by Gasteiger charge is -2.09. The Morgan fingerprint density at radius 1 is 1.24 bits per heavy atom. The van der Waals surface area contributed by atoms with Gasteiger partial charge < -0.3 is 10.3 Å². The Kier molecular flexibility index (Phi) is 4.51. The Hall–Kier alpha value is -1.63. The summed E-state index contributed by atoms with van der Waals surface area (Å²) in [6.07, 6.45) is 1.66. The molecule has 2 aromatic rings. The molecular weight excluding hydrogens is 299 g/mol. The van der Waals surface area contributed by atoms with Crippen molar-refractivity contribution in [2.45, 2.75) is 30.8 Å². The van der Waals surface area contributed by atoms with E-state index in [2.05, 4.69) is 18.8 Å². The molecule has 2 rings (SSSR count). The summed E-state index contributed by atoms with van der Waals surface area (Å²) in [5.41, 5.74) is 3.07. The molecule has 1 aromatic heterocycles. The highest BCUT2D eigenvalue weighted by molar-refractivity contribution is 8.00. The Morgan fingerprint density at radius 3 is 2.38 bits per heavy atom. The van der Waals surface area contributed by atoms with E-state index in [0.717, 1.165) is 6.54 Å². The van der Waals surface area contributed by atoms with Crippen LogP contribution in [0.5, 0.6) is 0 Å². The minimum Gasteiger partial charge on any atom is -0.383 e. The summed E-state index contributed by atoms with van der Waals surface area (Å²) >= 11 is -0.134. The molecule has 0 unspecified atom stereocenters. The summed E-state index contributed by atoms with van der Waals surface area (Å²) in [6.45, 7) is 4.89. The van der Waals surface area contributed by atoms with E-state index in [1.165, 1.54) is 12.1 Å². The second kappa shape index (κ2) is 6.01. The summed E-state index contributed by atoms with van der Waals surface area (Å²) < 4.78 is 38.7. The first-order valence-corrected chi connectivity index (χ1v) is 7.24. The van der Waals surface area contributed by atoms with Crippen LogP contribution in [0.3, 0.4) is 0 Å². The van der Waals surface area contributed by atoms with Crippen LogP contribution in [0.4, 0.5) is 19.0 Å². The molecule has 0 fully saturated rings. The fraction of sp³-hybridized carbons (Fsp3) is 0.357. The molecule has 0 spiro atoms. The molecule has 3 nitrogen and oxygen atoms in total. The van der Waals surface area contributed by atoms with Gasteiger partial charge in [-0.25, -0.2) is 4.98 Å². The number of nitrogens with two attached hydrogens (primary N) is 1. The molecule has 0 aliphatic heterocycles. The normalized spacial score (nSPS) is 12.1. The van der Waals surface area contributed by atoms with E-state index in [9.17, 15) is 13.2 Å². The number of nitrogen functional groups attached to an aromatic ring is 1. The van der Waals surface area contributed by atoms with Gasteiger partial charge in [-0.3, -0.25) is 0 Å². The van der Waals surface area contributed by atoms with Gasteiger partial charge in [0.15, 0.2) is 0 Å². The fourth-order valence-corrected chi connectivity index (χ4v) is 2.51. The highest BCUT2D eigenvalue weighted by atomic mass is 32.2. The Labute approximate surface area is 125 Å². The molecule has 0 saturated carbocycles. The standard InChI is InChI=1S/C14H16F3N3S/c1-9(2)7-20-8-19-12(13(20)18)10-3-5-11(6-4-10)21-14(15,16)17/h3-6,8-9H,7,18H2,1-2H3. The van der Waals surface area contributed by atoms with Gasteiger partial charge in [0.05, 0.1) is 6.33 Å². The number of hydrogen-bond donors (Lipinski definition) is 1. The van der Waals surface area contributed by atoms with Gasteiger partial charge >= 0.3 is 5.51 Å². The smallest absolute Gasteiger partial charge is 0.383 e. The number of anilines is 1. The lowest BCUT2D eigenvalue weighted by molar-refractivity contribution is -0.0328. The number of thioether (sulfide) groups is 1. The molecule has 21 heavy (non-hydrogen) atoms. The van der Waals surface area contributed by atoms with Gasteiger partial charge in [0.1, 0.15) is 11.5 Å². The fourth-order valence-electron chi connectivity index (χ4n) is 1.97. The van der Waals surface area contributed by atoms with Crippen molar-refractivity contribution < 1.29 is 13.2 Å². The molecule has 0 saturated heterocycles. The van der Waals surface area contributed by atoms with Crippen molar-refractivity contribution in [2.24, 2.45) is 5.92 Å². The molecular formula is C14H16F3N3S. The van der Waals surface area contributed by atoms with E-state index in [0.29, 0.717) is 23.0 Å². The van der Waals surface area contributed by atoms with Gasteiger partial charge in [0.25, 0.3) is 0 Å². The van der Waals surface area contributed by atoms with E-state index in [1.54, 1.807) is 18.5 Å². The van der Waals surface area contributed by atoms with Crippen molar-refractivity contribution in [3.05, 3.63) is 30.6 Å². The minimum absolute atomic E-state index is 0.134.